The molecule has 0 amide bonds. The van der Waals surface area contributed by atoms with E-state index in [1.807, 2.05) is 11.7 Å². The van der Waals surface area contributed by atoms with Gasteiger partial charge in [0, 0.05) is 44.0 Å². The standard InChI is InChI=1S/C25H40N6.HI/c1-6-26-25(28-17-24-19(2)29-31(5)20(24)3)27-16-21-12-10-11-13-22(21)18-30(4)23-14-8-7-9-15-23;/h10-13,23H,6-9,14-18H2,1-5H3,(H2,26,27,28);1H. The molecule has 0 saturated heterocycles. The number of hydrogen-bond donors (Lipinski definition) is 2. The first kappa shape index (κ1) is 26.6. The summed E-state index contributed by atoms with van der Waals surface area (Å²) in [5.74, 6) is 0.848. The molecule has 1 aromatic carbocycles. The highest BCUT2D eigenvalue weighted by Crippen LogP contribution is 2.23. The van der Waals surface area contributed by atoms with E-state index in [2.05, 4.69) is 72.7 Å². The van der Waals surface area contributed by atoms with Gasteiger partial charge in [-0.2, -0.15) is 5.10 Å². The van der Waals surface area contributed by atoms with E-state index in [-0.39, 0.29) is 24.0 Å². The fourth-order valence-corrected chi connectivity index (χ4v) is 4.54. The number of aliphatic imine (C=N–C) groups is 1. The molecule has 0 radical (unpaired) electrons. The molecule has 1 aliphatic carbocycles. The quantitative estimate of drug-likeness (QED) is 0.284. The molecule has 0 aliphatic heterocycles. The van der Waals surface area contributed by atoms with Gasteiger partial charge in [-0.1, -0.05) is 43.5 Å². The second-order valence-corrected chi connectivity index (χ2v) is 8.80. The zero-order chi connectivity index (χ0) is 22.2. The average Bonchev–Trinajstić information content (AvgIpc) is 3.02. The Hall–Kier alpha value is -1.61. The van der Waals surface area contributed by atoms with E-state index >= 15 is 0 Å². The van der Waals surface area contributed by atoms with Crippen LogP contribution in [0.25, 0.3) is 0 Å². The van der Waals surface area contributed by atoms with Gasteiger partial charge in [-0.3, -0.25) is 9.58 Å². The number of nitrogens with zero attached hydrogens (tertiary/aromatic N) is 4. The van der Waals surface area contributed by atoms with Gasteiger partial charge in [0.1, 0.15) is 0 Å². The minimum absolute atomic E-state index is 0. The summed E-state index contributed by atoms with van der Waals surface area (Å²) in [6, 6.07) is 9.46. The summed E-state index contributed by atoms with van der Waals surface area (Å²) in [5.41, 5.74) is 6.18. The summed E-state index contributed by atoms with van der Waals surface area (Å²) >= 11 is 0. The normalized spacial score (nSPS) is 15.0. The first-order chi connectivity index (χ1) is 15.0. The topological polar surface area (TPSA) is 57.5 Å². The van der Waals surface area contributed by atoms with Crippen molar-refractivity contribution < 1.29 is 0 Å². The molecule has 32 heavy (non-hydrogen) atoms. The molecule has 1 aliphatic rings. The fourth-order valence-electron chi connectivity index (χ4n) is 4.54. The van der Waals surface area contributed by atoms with Gasteiger partial charge in [0.2, 0.25) is 0 Å². The van der Waals surface area contributed by atoms with Gasteiger partial charge >= 0.3 is 0 Å². The van der Waals surface area contributed by atoms with Crippen LogP contribution in [-0.4, -0.2) is 40.3 Å². The number of rotatable bonds is 8. The van der Waals surface area contributed by atoms with E-state index in [1.165, 1.54) is 54.5 Å². The van der Waals surface area contributed by atoms with Crippen molar-refractivity contribution >= 4 is 29.9 Å². The molecule has 6 nitrogen and oxygen atoms in total. The Kier molecular flexibility index (Phi) is 11.0. The predicted molar refractivity (Wildman–Crippen MR) is 145 cm³/mol. The molecule has 178 valence electrons. The van der Waals surface area contributed by atoms with Gasteiger partial charge in [-0.15, -0.1) is 24.0 Å². The number of benzene rings is 1. The summed E-state index contributed by atoms with van der Waals surface area (Å²) in [6.07, 6.45) is 6.80. The molecule has 1 saturated carbocycles. The summed E-state index contributed by atoms with van der Waals surface area (Å²) in [4.78, 5) is 7.43. The van der Waals surface area contributed by atoms with Crippen LogP contribution in [-0.2, 0) is 26.7 Å². The number of aromatic nitrogens is 2. The highest BCUT2D eigenvalue weighted by Gasteiger charge is 2.18. The van der Waals surface area contributed by atoms with Crippen molar-refractivity contribution in [1.82, 2.24) is 25.3 Å². The molecule has 3 rings (SSSR count). The molecule has 7 heteroatoms. The van der Waals surface area contributed by atoms with Crippen LogP contribution in [0.5, 0.6) is 0 Å². The van der Waals surface area contributed by atoms with Crippen LogP contribution in [0.3, 0.4) is 0 Å². The molecule has 1 aromatic heterocycles. The Morgan fingerprint density at radius 3 is 2.44 bits per heavy atom. The largest absolute Gasteiger partial charge is 0.357 e. The summed E-state index contributed by atoms with van der Waals surface area (Å²) in [7, 11) is 4.27. The van der Waals surface area contributed by atoms with Crippen molar-refractivity contribution in [1.29, 1.82) is 0 Å². The molecule has 0 atom stereocenters. The van der Waals surface area contributed by atoms with Crippen LogP contribution in [0.2, 0.25) is 0 Å². The van der Waals surface area contributed by atoms with E-state index in [0.29, 0.717) is 6.54 Å². The highest BCUT2D eigenvalue weighted by molar-refractivity contribution is 14.0. The summed E-state index contributed by atoms with van der Waals surface area (Å²) in [6.45, 7) is 9.51. The van der Waals surface area contributed by atoms with Crippen LogP contribution in [0.1, 0.15) is 67.1 Å². The van der Waals surface area contributed by atoms with Gasteiger partial charge in [0.25, 0.3) is 0 Å². The minimum atomic E-state index is 0. The number of aryl methyl sites for hydroxylation is 2. The van der Waals surface area contributed by atoms with Gasteiger partial charge in [0.15, 0.2) is 5.96 Å². The highest BCUT2D eigenvalue weighted by atomic mass is 127. The van der Waals surface area contributed by atoms with Gasteiger partial charge in [0.05, 0.1) is 12.2 Å². The maximum atomic E-state index is 4.89. The van der Waals surface area contributed by atoms with Crippen LogP contribution in [0, 0.1) is 13.8 Å². The molecule has 2 aromatic rings. The molecule has 2 N–H and O–H groups in total. The third kappa shape index (κ3) is 7.20. The Morgan fingerprint density at radius 2 is 1.81 bits per heavy atom. The number of guanidine groups is 1. The lowest BCUT2D eigenvalue weighted by Gasteiger charge is -2.31. The zero-order valence-electron chi connectivity index (χ0n) is 20.4. The predicted octanol–water partition coefficient (Wildman–Crippen LogP) is 4.67. The fraction of sp³-hybridized carbons (Fsp3) is 0.600. The van der Waals surface area contributed by atoms with Crippen molar-refractivity contribution in [2.24, 2.45) is 12.0 Å². The van der Waals surface area contributed by atoms with Crippen LogP contribution >= 0.6 is 24.0 Å². The Bertz CT molecular complexity index is 869. The third-order valence-corrected chi connectivity index (χ3v) is 6.58. The van der Waals surface area contributed by atoms with E-state index < -0.39 is 0 Å². The second-order valence-electron chi connectivity index (χ2n) is 8.80. The Labute approximate surface area is 211 Å². The maximum Gasteiger partial charge on any atom is 0.191 e. The molecule has 0 spiro atoms. The minimum Gasteiger partial charge on any atom is -0.357 e. The molecule has 0 bridgehead atoms. The molecular weight excluding hydrogens is 511 g/mol. The molecule has 1 fully saturated rings. The lowest BCUT2D eigenvalue weighted by Crippen LogP contribution is -2.37. The Morgan fingerprint density at radius 1 is 1.12 bits per heavy atom. The van der Waals surface area contributed by atoms with Crippen LogP contribution in [0.15, 0.2) is 29.3 Å². The summed E-state index contributed by atoms with van der Waals surface area (Å²) < 4.78 is 1.94. The van der Waals surface area contributed by atoms with Crippen LogP contribution in [0.4, 0.5) is 0 Å². The van der Waals surface area contributed by atoms with Crippen molar-refractivity contribution in [3.05, 3.63) is 52.3 Å². The van der Waals surface area contributed by atoms with Crippen molar-refractivity contribution in [3.63, 3.8) is 0 Å². The monoisotopic (exact) mass is 552 g/mol. The third-order valence-electron chi connectivity index (χ3n) is 6.58. The lowest BCUT2D eigenvalue weighted by molar-refractivity contribution is 0.184. The van der Waals surface area contributed by atoms with Crippen molar-refractivity contribution in [2.75, 3.05) is 13.6 Å². The zero-order valence-corrected chi connectivity index (χ0v) is 22.8. The number of hydrogen-bond acceptors (Lipinski definition) is 3. The second kappa shape index (κ2) is 13.2. The Balaban J connectivity index is 0.00000363. The molecule has 0 unspecified atom stereocenters. The van der Waals surface area contributed by atoms with Gasteiger partial charge < -0.3 is 10.6 Å². The average molecular weight is 553 g/mol. The van der Waals surface area contributed by atoms with E-state index in [1.54, 1.807) is 0 Å². The van der Waals surface area contributed by atoms with E-state index in [4.69, 9.17) is 4.99 Å². The lowest BCUT2D eigenvalue weighted by atomic mass is 9.94. The van der Waals surface area contributed by atoms with E-state index in [9.17, 15) is 0 Å². The van der Waals surface area contributed by atoms with Crippen molar-refractivity contribution in [2.45, 2.75) is 78.6 Å². The van der Waals surface area contributed by atoms with Gasteiger partial charge in [-0.05, 0) is 51.8 Å². The first-order valence-electron chi connectivity index (χ1n) is 11.8. The smallest absolute Gasteiger partial charge is 0.191 e. The van der Waals surface area contributed by atoms with Crippen LogP contribution < -0.4 is 10.6 Å². The van der Waals surface area contributed by atoms with Gasteiger partial charge in [-0.25, -0.2) is 4.99 Å². The number of nitrogens with one attached hydrogen (secondary N) is 2. The van der Waals surface area contributed by atoms with E-state index in [0.717, 1.165) is 37.3 Å². The summed E-state index contributed by atoms with van der Waals surface area (Å²) in [5, 5.41) is 11.4. The molecular formula is C25H41IN6. The first-order valence-corrected chi connectivity index (χ1v) is 11.8. The maximum absolute atomic E-state index is 4.89. The number of halogens is 1. The SMILES string of the molecule is CCNC(=NCc1ccccc1CN(C)C1CCCCC1)NCc1c(C)nn(C)c1C.I. The van der Waals surface area contributed by atoms with Crippen molar-refractivity contribution in [3.8, 4) is 0 Å². The molecule has 1 heterocycles.